The molecule has 0 fully saturated rings. The molecule has 1 aliphatic rings. The largest absolute Gasteiger partial charge is 0.603 e. The van der Waals surface area contributed by atoms with Gasteiger partial charge in [0, 0.05) is 16.3 Å². The van der Waals surface area contributed by atoms with Crippen molar-refractivity contribution in [1.29, 1.82) is 0 Å². The van der Waals surface area contributed by atoms with Crippen molar-refractivity contribution in [2.45, 2.75) is 6.04 Å². The molecular weight excluding hydrogens is 263 g/mol. The van der Waals surface area contributed by atoms with E-state index in [9.17, 15) is 9.69 Å². The van der Waals surface area contributed by atoms with E-state index in [-0.39, 0.29) is 0 Å². The summed E-state index contributed by atoms with van der Waals surface area (Å²) >= 11 is 5.87. The minimum Gasteiger partial charge on any atom is -0.603 e. The second-order valence-electron chi connectivity index (χ2n) is 3.49. The molecule has 0 radical (unpaired) electrons. The van der Waals surface area contributed by atoms with E-state index in [2.05, 4.69) is 5.32 Å². The highest BCUT2D eigenvalue weighted by molar-refractivity contribution is 7.48. The number of amides is 1. The van der Waals surface area contributed by atoms with Gasteiger partial charge in [-0.2, -0.15) is 4.52 Å². The smallest absolute Gasteiger partial charge is 0.248 e. The third-order valence-electron chi connectivity index (χ3n) is 2.48. The molecule has 7 heteroatoms. The molecule has 90 valence electrons. The number of nitrogens with two attached hydrogens (primary N) is 1. The Morgan fingerprint density at radius 2 is 2.35 bits per heavy atom. The average Bonchev–Trinajstić information content (AvgIpc) is 2.66. The molecule has 3 N–H and O–H groups in total. The maximum atomic E-state index is 11.8. The molecule has 0 bridgehead atoms. The highest BCUT2D eigenvalue weighted by atomic mass is 35.5. The molecule has 1 aliphatic heterocycles. The summed E-state index contributed by atoms with van der Waals surface area (Å²) in [5, 5.41) is 3.73. The number of carbonyl (C=O) groups is 1. The zero-order valence-corrected chi connectivity index (χ0v) is 10.6. The molecule has 2 atom stereocenters. The molecule has 0 aromatic heterocycles. The fourth-order valence-corrected chi connectivity index (χ4v) is 2.89. The zero-order chi connectivity index (χ0) is 12.6. The van der Waals surface area contributed by atoms with Crippen LogP contribution in [-0.2, 0) is 9.32 Å². The molecular formula is C10H10ClN2O3P. The minimum absolute atomic E-state index is 0.340. The van der Waals surface area contributed by atoms with Crippen molar-refractivity contribution in [1.82, 2.24) is 0 Å². The predicted molar refractivity (Wildman–Crippen MR) is 66.1 cm³/mol. The second-order valence-corrected chi connectivity index (χ2v) is 5.29. The molecule has 0 saturated heterocycles. The van der Waals surface area contributed by atoms with Crippen LogP contribution < -0.4 is 15.9 Å². The number of hydrogen-bond acceptors (Lipinski definition) is 4. The number of nitrogens with one attached hydrogen (secondary N) is 1. The lowest BCUT2D eigenvalue weighted by molar-refractivity contribution is -0.170. The van der Waals surface area contributed by atoms with Gasteiger partial charge in [-0.25, -0.2) is 0 Å². The Morgan fingerprint density at radius 1 is 1.65 bits per heavy atom. The number of benzene rings is 1. The molecule has 1 aromatic carbocycles. The first-order valence-corrected chi connectivity index (χ1v) is 6.34. The second kappa shape index (κ2) is 4.63. The van der Waals surface area contributed by atoms with Crippen LogP contribution in [0.5, 0.6) is 0 Å². The fourth-order valence-electron chi connectivity index (χ4n) is 1.74. The minimum atomic E-state index is -2.11. The van der Waals surface area contributed by atoms with Crippen LogP contribution in [-0.4, -0.2) is 24.4 Å². The summed E-state index contributed by atoms with van der Waals surface area (Å²) in [7, 11) is -0.794. The summed E-state index contributed by atoms with van der Waals surface area (Å²) in [6, 6.07) is 4.20. The van der Waals surface area contributed by atoms with Crippen molar-refractivity contribution in [3.8, 4) is 0 Å². The standard InChI is InChI=1S/C10H10ClN2O3P/c1-16-17(15)9-6-4-5(11)2-3-7(6)13-8(9)10(12)14/h2-4,8,13H,1H3,(H2,12,14). The quantitative estimate of drug-likeness (QED) is 0.766. The topological polar surface area (TPSA) is 87.4 Å². The van der Waals surface area contributed by atoms with Crippen LogP contribution in [0.2, 0.25) is 5.02 Å². The van der Waals surface area contributed by atoms with Crippen molar-refractivity contribution < 1.29 is 14.2 Å². The van der Waals surface area contributed by atoms with E-state index < -0.39 is 19.9 Å². The van der Waals surface area contributed by atoms with Crippen LogP contribution in [0, 0.1) is 0 Å². The first kappa shape index (κ1) is 12.3. The van der Waals surface area contributed by atoms with Crippen LogP contribution in [0.25, 0.3) is 0 Å². The molecule has 1 aromatic rings. The van der Waals surface area contributed by atoms with Crippen molar-refractivity contribution in [2.24, 2.45) is 5.73 Å². The van der Waals surface area contributed by atoms with Gasteiger partial charge in [0.2, 0.25) is 13.9 Å². The lowest BCUT2D eigenvalue weighted by atomic mass is 10.1. The van der Waals surface area contributed by atoms with Crippen molar-refractivity contribution >= 4 is 36.5 Å². The van der Waals surface area contributed by atoms with Crippen molar-refractivity contribution in [3.63, 3.8) is 0 Å². The Morgan fingerprint density at radius 3 is 2.94 bits per heavy atom. The Labute approximate surface area is 104 Å². The summed E-state index contributed by atoms with van der Waals surface area (Å²) in [5.41, 5.74) is 6.55. The maximum absolute atomic E-state index is 11.8. The van der Waals surface area contributed by atoms with Crippen molar-refractivity contribution in [2.75, 3.05) is 12.4 Å². The number of halogens is 1. The number of primary amides is 1. The fraction of sp³-hybridized carbons (Fsp3) is 0.200. The summed E-state index contributed by atoms with van der Waals surface area (Å²) in [4.78, 5) is 23.1. The zero-order valence-electron chi connectivity index (χ0n) is 8.94. The SMILES string of the molecule is CO[P+]([O-])=C1c2cc(Cl)ccc2NC1C(N)=O. The third kappa shape index (κ3) is 2.15. The molecule has 5 nitrogen and oxygen atoms in total. The van der Waals surface area contributed by atoms with Crippen molar-refractivity contribution in [3.05, 3.63) is 28.8 Å². The van der Waals surface area contributed by atoms with E-state index >= 15 is 0 Å². The van der Waals surface area contributed by atoms with Gasteiger partial charge in [-0.05, 0) is 18.2 Å². The molecule has 1 amide bonds. The van der Waals surface area contributed by atoms with Gasteiger partial charge in [-0.1, -0.05) is 11.6 Å². The Bertz CT molecular complexity index is 518. The monoisotopic (exact) mass is 272 g/mol. The number of carbonyl (C=O) groups excluding carboxylic acids is 1. The molecule has 0 spiro atoms. The number of hydrogen-bond donors (Lipinski definition) is 2. The number of fused-ring (bicyclic) bond motifs is 1. The first-order valence-electron chi connectivity index (χ1n) is 4.78. The molecule has 17 heavy (non-hydrogen) atoms. The number of rotatable bonds is 2. The highest BCUT2D eigenvalue weighted by Gasteiger charge is 2.38. The first-order chi connectivity index (χ1) is 8.04. The van der Waals surface area contributed by atoms with E-state index in [1.165, 1.54) is 7.11 Å². The molecule has 0 aliphatic carbocycles. The summed E-state index contributed by atoms with van der Waals surface area (Å²) < 4.78 is 4.79. The average molecular weight is 273 g/mol. The van der Waals surface area contributed by atoms with Crippen LogP contribution in [0.1, 0.15) is 5.56 Å². The van der Waals surface area contributed by atoms with Gasteiger partial charge >= 0.3 is 0 Å². The van der Waals surface area contributed by atoms with E-state index in [4.69, 9.17) is 21.9 Å². The van der Waals surface area contributed by atoms with Gasteiger partial charge in [0.05, 0.1) is 7.11 Å². The predicted octanol–water partition coefficient (Wildman–Crippen LogP) is 0.458. The van der Waals surface area contributed by atoms with Crippen LogP contribution in [0.15, 0.2) is 18.2 Å². The molecule has 1 heterocycles. The van der Waals surface area contributed by atoms with Gasteiger partial charge in [0.15, 0.2) is 11.3 Å². The van der Waals surface area contributed by atoms with E-state index in [1.54, 1.807) is 18.2 Å². The maximum Gasteiger partial charge on any atom is 0.248 e. The third-order valence-corrected chi connectivity index (χ3v) is 3.94. The van der Waals surface area contributed by atoms with Gasteiger partial charge in [-0.3, -0.25) is 4.79 Å². The lowest BCUT2D eigenvalue weighted by Crippen LogP contribution is -2.38. The van der Waals surface area contributed by atoms with Crippen LogP contribution in [0.4, 0.5) is 5.69 Å². The highest BCUT2D eigenvalue weighted by Crippen LogP contribution is 2.34. The van der Waals surface area contributed by atoms with E-state index in [0.29, 0.717) is 21.6 Å². The molecule has 2 unspecified atom stereocenters. The summed E-state index contributed by atoms with van der Waals surface area (Å²) in [6.07, 6.45) is 0. The van der Waals surface area contributed by atoms with Gasteiger partial charge in [0.25, 0.3) is 0 Å². The Balaban J connectivity index is 2.60. The van der Waals surface area contributed by atoms with E-state index in [0.717, 1.165) is 0 Å². The van der Waals surface area contributed by atoms with Crippen LogP contribution in [0.3, 0.4) is 0 Å². The summed E-state index contributed by atoms with van der Waals surface area (Å²) in [6.45, 7) is 0. The Hall–Kier alpha value is -1.13. The van der Waals surface area contributed by atoms with Gasteiger partial charge < -0.3 is 15.9 Å². The molecule has 2 rings (SSSR count). The van der Waals surface area contributed by atoms with Gasteiger partial charge in [0.1, 0.15) is 0 Å². The van der Waals surface area contributed by atoms with E-state index in [1.807, 2.05) is 0 Å². The summed E-state index contributed by atoms with van der Waals surface area (Å²) in [5.74, 6) is -0.604. The Kier molecular flexibility index (Phi) is 3.35. The molecule has 0 saturated carbocycles. The number of anilines is 1. The van der Waals surface area contributed by atoms with Crippen LogP contribution >= 0.6 is 19.6 Å². The normalized spacial score (nSPS) is 20.8. The lowest BCUT2D eigenvalue weighted by Gasteiger charge is -2.06. The van der Waals surface area contributed by atoms with Gasteiger partial charge in [-0.15, -0.1) is 0 Å².